The number of aliphatic hydroxyl groups is 1. The third-order valence-electron chi connectivity index (χ3n) is 6.67. The average Bonchev–Trinajstić information content (AvgIpc) is 3.57. The van der Waals surface area contributed by atoms with Crippen LogP contribution in [0.25, 0.3) is 5.76 Å². The molecule has 0 spiro atoms. The van der Waals surface area contributed by atoms with Crippen LogP contribution in [0.2, 0.25) is 0 Å². The van der Waals surface area contributed by atoms with Crippen molar-refractivity contribution in [3.05, 3.63) is 101 Å². The molecule has 0 bridgehead atoms. The molecule has 1 fully saturated rings. The highest BCUT2D eigenvalue weighted by Crippen LogP contribution is 2.44. The molecule has 0 radical (unpaired) electrons. The molecule has 1 N–H and O–H groups in total. The zero-order valence-electron chi connectivity index (χ0n) is 22.8. The predicted octanol–water partition coefficient (Wildman–Crippen LogP) is 6.73. The number of hydrogen-bond acceptors (Lipinski definition) is 9. The number of ether oxygens (including phenoxy) is 1. The lowest BCUT2D eigenvalue weighted by atomic mass is 9.95. The standard InChI is InChI=1S/C31H30N4O4S2/c1-3-4-5-17-39-24-8-6-7-23(18-24)26-25(27(36)22-13-15-32-16-14-22)28(37)29(38)35(26)30-33-34-31(41-30)40-19-21-11-9-20(2)10-12-21/h6-16,18,26,36H,3-5,17,19H2,1-2H3. The number of aliphatic hydroxyl groups excluding tert-OH is 1. The molecular weight excluding hydrogens is 556 g/mol. The van der Waals surface area contributed by atoms with Gasteiger partial charge in [-0.3, -0.25) is 19.5 Å². The molecule has 4 aromatic rings. The van der Waals surface area contributed by atoms with Crippen LogP contribution in [-0.2, 0) is 15.3 Å². The van der Waals surface area contributed by atoms with Gasteiger partial charge in [-0.25, -0.2) is 0 Å². The lowest BCUT2D eigenvalue weighted by Gasteiger charge is -2.23. The van der Waals surface area contributed by atoms with Crippen molar-refractivity contribution in [3.8, 4) is 5.75 Å². The first-order valence-electron chi connectivity index (χ1n) is 13.4. The molecule has 5 rings (SSSR count). The molecule has 1 amide bonds. The second-order valence-electron chi connectivity index (χ2n) is 9.66. The minimum absolute atomic E-state index is 0.0200. The number of nitrogens with zero attached hydrogens (tertiary/aromatic N) is 4. The third-order valence-corrected chi connectivity index (χ3v) is 8.80. The van der Waals surface area contributed by atoms with Crippen LogP contribution in [-0.4, -0.2) is 38.6 Å². The summed E-state index contributed by atoms with van der Waals surface area (Å²) in [7, 11) is 0. The van der Waals surface area contributed by atoms with Crippen LogP contribution < -0.4 is 9.64 Å². The first kappa shape index (κ1) is 28.5. The van der Waals surface area contributed by atoms with E-state index in [2.05, 4.69) is 46.4 Å². The van der Waals surface area contributed by atoms with E-state index in [4.69, 9.17) is 4.74 Å². The summed E-state index contributed by atoms with van der Waals surface area (Å²) in [6, 6.07) is 17.8. The molecule has 1 saturated heterocycles. The minimum atomic E-state index is -0.912. The quantitative estimate of drug-likeness (QED) is 0.0515. The summed E-state index contributed by atoms with van der Waals surface area (Å²) in [5.74, 6) is -0.518. The van der Waals surface area contributed by atoms with Crippen molar-refractivity contribution in [2.24, 2.45) is 0 Å². The third kappa shape index (κ3) is 6.49. The van der Waals surface area contributed by atoms with Crippen LogP contribution in [0.3, 0.4) is 0 Å². The number of benzene rings is 2. The van der Waals surface area contributed by atoms with Gasteiger partial charge in [0.25, 0.3) is 5.78 Å². The Morgan fingerprint density at radius 1 is 1.05 bits per heavy atom. The molecule has 1 aliphatic rings. The van der Waals surface area contributed by atoms with E-state index in [0.29, 0.717) is 33.6 Å². The van der Waals surface area contributed by atoms with Crippen LogP contribution in [0.4, 0.5) is 5.13 Å². The number of aromatic nitrogens is 3. The fourth-order valence-electron chi connectivity index (χ4n) is 4.51. The van der Waals surface area contributed by atoms with Gasteiger partial charge in [0, 0.05) is 23.7 Å². The van der Waals surface area contributed by atoms with E-state index >= 15 is 0 Å². The number of carbonyl (C=O) groups excluding carboxylic acids is 2. The molecule has 10 heteroatoms. The van der Waals surface area contributed by atoms with Gasteiger partial charge in [-0.15, -0.1) is 10.2 Å². The number of ketones is 1. The van der Waals surface area contributed by atoms with E-state index in [1.807, 2.05) is 31.2 Å². The highest BCUT2D eigenvalue weighted by Gasteiger charge is 2.48. The fraction of sp³-hybridized carbons (Fsp3) is 0.258. The lowest BCUT2D eigenvalue weighted by Crippen LogP contribution is -2.29. The van der Waals surface area contributed by atoms with E-state index in [1.165, 1.54) is 46.0 Å². The average molecular weight is 587 g/mol. The normalized spacial score (nSPS) is 16.3. The Labute approximate surface area is 247 Å². The molecule has 8 nitrogen and oxygen atoms in total. The van der Waals surface area contributed by atoms with Crippen LogP contribution in [0.5, 0.6) is 5.75 Å². The van der Waals surface area contributed by atoms with Gasteiger partial charge in [0.05, 0.1) is 18.2 Å². The summed E-state index contributed by atoms with van der Waals surface area (Å²) in [6.45, 7) is 4.74. The molecule has 3 heterocycles. The van der Waals surface area contributed by atoms with Crippen LogP contribution >= 0.6 is 23.1 Å². The molecule has 1 atom stereocenters. The molecule has 1 unspecified atom stereocenters. The molecule has 2 aromatic heterocycles. The number of unbranched alkanes of at least 4 members (excludes halogenated alkanes) is 2. The molecular formula is C31H30N4O4S2. The number of aryl methyl sites for hydroxylation is 1. The van der Waals surface area contributed by atoms with Crippen molar-refractivity contribution < 1.29 is 19.4 Å². The maximum absolute atomic E-state index is 13.5. The van der Waals surface area contributed by atoms with Crippen LogP contribution in [0.15, 0.2) is 83.0 Å². The van der Waals surface area contributed by atoms with E-state index in [1.54, 1.807) is 12.1 Å². The Hall–Kier alpha value is -4.02. The highest BCUT2D eigenvalue weighted by atomic mass is 32.2. The second kappa shape index (κ2) is 13.1. The van der Waals surface area contributed by atoms with Crippen LogP contribution in [0.1, 0.15) is 54.5 Å². The smallest absolute Gasteiger partial charge is 0.301 e. The number of carbonyl (C=O) groups is 2. The Kier molecular flexibility index (Phi) is 9.11. The number of rotatable bonds is 11. The predicted molar refractivity (Wildman–Crippen MR) is 161 cm³/mol. The molecule has 2 aromatic carbocycles. The molecule has 0 aliphatic carbocycles. The topological polar surface area (TPSA) is 106 Å². The van der Waals surface area contributed by atoms with Crippen LogP contribution in [0, 0.1) is 6.92 Å². The van der Waals surface area contributed by atoms with Crippen molar-refractivity contribution in [1.82, 2.24) is 15.2 Å². The first-order valence-corrected chi connectivity index (χ1v) is 15.2. The van der Waals surface area contributed by atoms with Gasteiger partial charge in [-0.05, 0) is 48.7 Å². The van der Waals surface area contributed by atoms with Gasteiger partial charge in [-0.2, -0.15) is 0 Å². The van der Waals surface area contributed by atoms with Crippen molar-refractivity contribution in [3.63, 3.8) is 0 Å². The molecule has 210 valence electrons. The largest absolute Gasteiger partial charge is 0.507 e. The van der Waals surface area contributed by atoms with E-state index in [-0.39, 0.29) is 16.5 Å². The monoisotopic (exact) mass is 586 g/mol. The maximum Gasteiger partial charge on any atom is 0.301 e. The Morgan fingerprint density at radius 2 is 1.83 bits per heavy atom. The van der Waals surface area contributed by atoms with Gasteiger partial charge in [0.15, 0.2) is 4.34 Å². The van der Waals surface area contributed by atoms with Gasteiger partial charge in [0.2, 0.25) is 5.13 Å². The zero-order chi connectivity index (χ0) is 28.8. The summed E-state index contributed by atoms with van der Waals surface area (Å²) >= 11 is 2.75. The fourth-order valence-corrected chi connectivity index (χ4v) is 6.34. The minimum Gasteiger partial charge on any atom is -0.507 e. The molecule has 41 heavy (non-hydrogen) atoms. The van der Waals surface area contributed by atoms with Crippen molar-refractivity contribution in [1.29, 1.82) is 0 Å². The van der Waals surface area contributed by atoms with Gasteiger partial charge >= 0.3 is 5.91 Å². The Bertz CT molecular complexity index is 1550. The summed E-state index contributed by atoms with van der Waals surface area (Å²) in [5, 5.41) is 20.2. The maximum atomic E-state index is 13.5. The molecule has 0 saturated carbocycles. The summed E-state index contributed by atoms with van der Waals surface area (Å²) in [6.07, 6.45) is 6.11. The number of anilines is 1. The number of amides is 1. The second-order valence-corrected chi connectivity index (χ2v) is 11.8. The summed E-state index contributed by atoms with van der Waals surface area (Å²) in [4.78, 5) is 32.3. The number of Topliss-reactive ketones (excluding diaryl/α,β-unsaturated/α-hetero) is 1. The van der Waals surface area contributed by atoms with E-state index in [9.17, 15) is 14.7 Å². The van der Waals surface area contributed by atoms with Crippen molar-refractivity contribution in [2.75, 3.05) is 11.5 Å². The highest BCUT2D eigenvalue weighted by molar-refractivity contribution is 8.00. The number of pyridine rings is 1. The Morgan fingerprint density at radius 3 is 2.59 bits per heavy atom. The van der Waals surface area contributed by atoms with Gasteiger partial charge < -0.3 is 9.84 Å². The van der Waals surface area contributed by atoms with E-state index in [0.717, 1.165) is 24.8 Å². The summed E-state index contributed by atoms with van der Waals surface area (Å²) in [5.41, 5.74) is 3.33. The molecule has 1 aliphatic heterocycles. The van der Waals surface area contributed by atoms with Crippen molar-refractivity contribution in [2.45, 2.75) is 49.2 Å². The SMILES string of the molecule is CCCCCOc1cccc(C2C(=C(O)c3ccncc3)C(=O)C(=O)N2c2nnc(SCc3ccc(C)cc3)s2)c1. The number of thioether (sulfide) groups is 1. The first-order chi connectivity index (χ1) is 20.0. The van der Waals surface area contributed by atoms with Gasteiger partial charge in [-0.1, -0.05) is 84.8 Å². The van der Waals surface area contributed by atoms with Crippen molar-refractivity contribution >= 4 is 45.7 Å². The van der Waals surface area contributed by atoms with Gasteiger partial charge in [0.1, 0.15) is 11.5 Å². The number of hydrogen-bond donors (Lipinski definition) is 1. The van der Waals surface area contributed by atoms with E-state index < -0.39 is 17.7 Å². The zero-order valence-corrected chi connectivity index (χ0v) is 24.5. The lowest BCUT2D eigenvalue weighted by molar-refractivity contribution is -0.132. The Balaban J connectivity index is 1.50. The summed E-state index contributed by atoms with van der Waals surface area (Å²) < 4.78 is 6.63.